The molecular formula is C11H8BrNO3. The van der Waals surface area contributed by atoms with Crippen LogP contribution in [-0.4, -0.2) is 22.3 Å². The average Bonchev–Trinajstić information content (AvgIpc) is 2.64. The molecule has 0 unspecified atom stereocenters. The third-order valence-corrected chi connectivity index (χ3v) is 3.13. The molecule has 0 aliphatic rings. The number of benzene rings is 1. The normalized spacial score (nSPS) is 10.6. The average molecular weight is 282 g/mol. The molecule has 16 heavy (non-hydrogen) atoms. The Morgan fingerprint density at radius 2 is 2.19 bits per heavy atom. The van der Waals surface area contributed by atoms with E-state index in [1.165, 1.54) is 0 Å². The fourth-order valence-corrected chi connectivity index (χ4v) is 2.20. The Balaban J connectivity index is 3.00. The highest BCUT2D eigenvalue weighted by molar-refractivity contribution is 9.10. The lowest BCUT2D eigenvalue weighted by molar-refractivity contribution is 0.0696. The zero-order chi connectivity index (χ0) is 11.9. The van der Waals surface area contributed by atoms with Gasteiger partial charge in [0.25, 0.3) is 0 Å². The molecule has 0 atom stereocenters. The molecule has 0 spiro atoms. The molecule has 0 saturated heterocycles. The van der Waals surface area contributed by atoms with E-state index in [2.05, 4.69) is 20.9 Å². The second-order valence-electron chi connectivity index (χ2n) is 3.45. The summed E-state index contributed by atoms with van der Waals surface area (Å²) >= 11 is 3.32. The van der Waals surface area contributed by atoms with E-state index in [1.54, 1.807) is 6.07 Å². The fourth-order valence-electron chi connectivity index (χ4n) is 1.77. The molecule has 82 valence electrons. The van der Waals surface area contributed by atoms with Crippen LogP contribution in [0.2, 0.25) is 0 Å². The van der Waals surface area contributed by atoms with Crippen LogP contribution >= 0.6 is 15.9 Å². The van der Waals surface area contributed by atoms with Crippen LogP contribution in [0.25, 0.3) is 10.9 Å². The molecule has 5 heteroatoms. The second-order valence-corrected chi connectivity index (χ2v) is 4.31. The summed E-state index contributed by atoms with van der Waals surface area (Å²) in [7, 11) is 0. The van der Waals surface area contributed by atoms with Crippen molar-refractivity contribution in [2.24, 2.45) is 0 Å². The number of rotatable bonds is 2. The van der Waals surface area contributed by atoms with Crippen LogP contribution in [0.1, 0.15) is 26.4 Å². The SMILES string of the molecule is Cc1ccc(Br)c2[nH]c(C=O)c(C(=O)O)c12. The van der Waals surface area contributed by atoms with Crippen molar-refractivity contribution in [1.82, 2.24) is 4.98 Å². The zero-order valence-corrected chi connectivity index (χ0v) is 9.96. The number of aryl methyl sites for hydroxylation is 1. The van der Waals surface area contributed by atoms with E-state index in [1.807, 2.05) is 13.0 Å². The van der Waals surface area contributed by atoms with Gasteiger partial charge >= 0.3 is 5.97 Å². The monoisotopic (exact) mass is 281 g/mol. The van der Waals surface area contributed by atoms with Gasteiger partial charge < -0.3 is 10.1 Å². The molecule has 1 aromatic carbocycles. The molecule has 0 saturated carbocycles. The predicted octanol–water partition coefficient (Wildman–Crippen LogP) is 2.75. The van der Waals surface area contributed by atoms with E-state index < -0.39 is 5.97 Å². The lowest BCUT2D eigenvalue weighted by atomic mass is 10.1. The van der Waals surface area contributed by atoms with Crippen LogP contribution in [-0.2, 0) is 0 Å². The number of hydrogen-bond donors (Lipinski definition) is 2. The van der Waals surface area contributed by atoms with E-state index in [4.69, 9.17) is 5.11 Å². The molecule has 0 bridgehead atoms. The predicted molar refractivity (Wildman–Crippen MR) is 63.1 cm³/mol. The minimum Gasteiger partial charge on any atom is -0.478 e. The first kappa shape index (κ1) is 10.9. The Bertz CT molecular complexity index is 601. The highest BCUT2D eigenvalue weighted by Gasteiger charge is 2.19. The van der Waals surface area contributed by atoms with Crippen LogP contribution in [0.3, 0.4) is 0 Å². The van der Waals surface area contributed by atoms with E-state index >= 15 is 0 Å². The van der Waals surface area contributed by atoms with E-state index in [0.717, 1.165) is 10.0 Å². The van der Waals surface area contributed by atoms with Gasteiger partial charge in [0.05, 0.1) is 16.8 Å². The molecular weight excluding hydrogens is 274 g/mol. The van der Waals surface area contributed by atoms with Gasteiger partial charge in [0.2, 0.25) is 0 Å². The maximum atomic E-state index is 11.1. The van der Waals surface area contributed by atoms with Crippen molar-refractivity contribution < 1.29 is 14.7 Å². The number of H-pyrrole nitrogens is 1. The van der Waals surface area contributed by atoms with Crippen LogP contribution in [0.5, 0.6) is 0 Å². The largest absolute Gasteiger partial charge is 0.478 e. The number of carboxylic acids is 1. The topological polar surface area (TPSA) is 70.2 Å². The van der Waals surface area contributed by atoms with Crippen molar-refractivity contribution in [3.05, 3.63) is 33.4 Å². The fraction of sp³-hybridized carbons (Fsp3) is 0.0909. The summed E-state index contributed by atoms with van der Waals surface area (Å²) in [6.45, 7) is 1.81. The Morgan fingerprint density at radius 3 is 2.75 bits per heavy atom. The van der Waals surface area contributed by atoms with Gasteiger partial charge in [-0.1, -0.05) is 6.07 Å². The molecule has 0 aliphatic carbocycles. The lowest BCUT2D eigenvalue weighted by Crippen LogP contribution is -2.00. The summed E-state index contributed by atoms with van der Waals surface area (Å²) in [6.07, 6.45) is 0.523. The third-order valence-electron chi connectivity index (χ3n) is 2.47. The van der Waals surface area contributed by atoms with Crippen molar-refractivity contribution in [2.75, 3.05) is 0 Å². The van der Waals surface area contributed by atoms with Crippen LogP contribution in [0.4, 0.5) is 0 Å². The standard InChI is InChI=1S/C11H8BrNO3/c1-5-2-3-6(12)10-8(5)9(11(15)16)7(4-14)13-10/h2-4,13H,1H3,(H,15,16). The van der Waals surface area contributed by atoms with Gasteiger partial charge in [-0.3, -0.25) is 4.79 Å². The molecule has 0 amide bonds. The van der Waals surface area contributed by atoms with Crippen molar-refractivity contribution in [1.29, 1.82) is 0 Å². The first-order valence-electron chi connectivity index (χ1n) is 4.55. The minimum atomic E-state index is -1.10. The van der Waals surface area contributed by atoms with E-state index in [0.29, 0.717) is 17.2 Å². The number of carbonyl (C=O) groups excluding carboxylic acids is 1. The molecule has 0 radical (unpaired) electrons. The summed E-state index contributed by atoms with van der Waals surface area (Å²) in [5, 5.41) is 9.68. The molecule has 2 rings (SSSR count). The van der Waals surface area contributed by atoms with Crippen molar-refractivity contribution in [2.45, 2.75) is 6.92 Å². The Morgan fingerprint density at radius 1 is 1.50 bits per heavy atom. The number of aromatic amines is 1. The first-order chi connectivity index (χ1) is 7.56. The number of carbonyl (C=O) groups is 2. The quantitative estimate of drug-likeness (QED) is 0.832. The Labute approximate surface area is 99.4 Å². The molecule has 4 nitrogen and oxygen atoms in total. The molecule has 0 aliphatic heterocycles. The maximum absolute atomic E-state index is 11.1. The van der Waals surface area contributed by atoms with Crippen molar-refractivity contribution in [3.63, 3.8) is 0 Å². The number of aldehydes is 1. The summed E-state index contributed by atoms with van der Waals surface area (Å²) in [5.41, 5.74) is 1.58. The zero-order valence-electron chi connectivity index (χ0n) is 8.37. The van der Waals surface area contributed by atoms with Gasteiger partial charge in [-0.15, -0.1) is 0 Å². The summed E-state index contributed by atoms with van der Waals surface area (Å²) in [4.78, 5) is 24.7. The number of aromatic carboxylic acids is 1. The van der Waals surface area contributed by atoms with Gasteiger partial charge in [0.1, 0.15) is 0 Å². The number of fused-ring (bicyclic) bond motifs is 1. The number of halogens is 1. The minimum absolute atomic E-state index is 0.0313. The number of carboxylic acid groups (broad SMARTS) is 1. The van der Waals surface area contributed by atoms with Gasteiger partial charge in [-0.05, 0) is 34.5 Å². The van der Waals surface area contributed by atoms with Gasteiger partial charge in [0, 0.05) is 9.86 Å². The van der Waals surface area contributed by atoms with Gasteiger partial charge in [-0.25, -0.2) is 4.79 Å². The summed E-state index contributed by atoms with van der Waals surface area (Å²) < 4.78 is 0.740. The first-order valence-corrected chi connectivity index (χ1v) is 5.34. The molecule has 1 aromatic heterocycles. The van der Waals surface area contributed by atoms with Gasteiger partial charge in [0.15, 0.2) is 6.29 Å². The van der Waals surface area contributed by atoms with Gasteiger partial charge in [-0.2, -0.15) is 0 Å². The highest BCUT2D eigenvalue weighted by Crippen LogP contribution is 2.30. The Hall–Kier alpha value is -1.62. The molecule has 2 aromatic rings. The van der Waals surface area contributed by atoms with Crippen molar-refractivity contribution in [3.8, 4) is 0 Å². The Kier molecular flexibility index (Phi) is 2.55. The second kappa shape index (κ2) is 3.75. The lowest BCUT2D eigenvalue weighted by Gasteiger charge is -1.99. The smallest absolute Gasteiger partial charge is 0.338 e. The summed E-state index contributed by atoms with van der Waals surface area (Å²) in [5.74, 6) is -1.10. The molecule has 1 heterocycles. The van der Waals surface area contributed by atoms with Crippen LogP contribution < -0.4 is 0 Å². The number of nitrogens with one attached hydrogen (secondary N) is 1. The summed E-state index contributed by atoms with van der Waals surface area (Å²) in [6, 6.07) is 3.62. The van der Waals surface area contributed by atoms with E-state index in [-0.39, 0.29) is 11.3 Å². The maximum Gasteiger partial charge on any atom is 0.338 e. The van der Waals surface area contributed by atoms with E-state index in [9.17, 15) is 9.59 Å². The van der Waals surface area contributed by atoms with Crippen LogP contribution in [0, 0.1) is 6.92 Å². The third kappa shape index (κ3) is 1.44. The molecule has 2 N–H and O–H groups in total. The highest BCUT2D eigenvalue weighted by atomic mass is 79.9. The number of aromatic nitrogens is 1. The number of hydrogen-bond acceptors (Lipinski definition) is 2. The van der Waals surface area contributed by atoms with Crippen LogP contribution in [0.15, 0.2) is 16.6 Å². The van der Waals surface area contributed by atoms with Crippen molar-refractivity contribution >= 4 is 39.1 Å². The molecule has 0 fully saturated rings.